The van der Waals surface area contributed by atoms with E-state index in [4.69, 9.17) is 5.73 Å². The van der Waals surface area contributed by atoms with Crippen LogP contribution in [0.15, 0.2) is 30.7 Å². The summed E-state index contributed by atoms with van der Waals surface area (Å²) in [7, 11) is 0. The molecule has 104 valence electrons. The van der Waals surface area contributed by atoms with Crippen molar-refractivity contribution >= 4 is 11.6 Å². The molecule has 2 atom stereocenters. The number of imidazole rings is 1. The van der Waals surface area contributed by atoms with E-state index in [0.29, 0.717) is 0 Å². The lowest BCUT2D eigenvalue weighted by Gasteiger charge is -2.37. The monoisotopic (exact) mass is 270 g/mol. The van der Waals surface area contributed by atoms with Crippen molar-refractivity contribution in [3.63, 3.8) is 0 Å². The zero-order valence-corrected chi connectivity index (χ0v) is 11.6. The molecule has 0 unspecified atom stereocenters. The zero-order chi connectivity index (χ0) is 14.3. The van der Waals surface area contributed by atoms with Gasteiger partial charge < -0.3 is 15.6 Å². The normalized spacial score (nSPS) is 21.6. The quantitative estimate of drug-likeness (QED) is 0.834. The van der Waals surface area contributed by atoms with Gasteiger partial charge in [0.2, 0.25) is 5.91 Å². The molecule has 1 amide bonds. The number of anilines is 1. The van der Waals surface area contributed by atoms with E-state index in [9.17, 15) is 4.79 Å². The predicted molar refractivity (Wildman–Crippen MR) is 78.2 cm³/mol. The summed E-state index contributed by atoms with van der Waals surface area (Å²) in [6, 6.07) is 6.11. The second-order valence-corrected chi connectivity index (χ2v) is 5.32. The van der Waals surface area contributed by atoms with Crippen LogP contribution < -0.4 is 10.6 Å². The highest BCUT2D eigenvalue weighted by molar-refractivity contribution is 5.94. The lowest BCUT2D eigenvalue weighted by Crippen LogP contribution is -2.43. The number of rotatable bonds is 1. The number of carbonyl (C=O) groups is 1. The van der Waals surface area contributed by atoms with Crippen molar-refractivity contribution in [2.24, 2.45) is 5.73 Å². The van der Waals surface area contributed by atoms with Crippen LogP contribution in [0.1, 0.15) is 31.9 Å². The Labute approximate surface area is 117 Å². The summed E-state index contributed by atoms with van der Waals surface area (Å²) in [5.74, 6) is 0.0555. The van der Waals surface area contributed by atoms with Gasteiger partial charge in [0.25, 0.3) is 0 Å². The Bertz CT molecular complexity index is 635. The maximum Gasteiger partial charge on any atom is 0.224 e. The number of nitrogens with two attached hydrogens (primary N) is 1. The molecule has 0 bridgehead atoms. The lowest BCUT2D eigenvalue weighted by atomic mass is 9.90. The van der Waals surface area contributed by atoms with Crippen LogP contribution in [0.2, 0.25) is 0 Å². The topological polar surface area (TPSA) is 75.0 Å². The highest BCUT2D eigenvalue weighted by Gasteiger charge is 2.30. The van der Waals surface area contributed by atoms with E-state index in [0.717, 1.165) is 28.9 Å². The number of hydrogen-bond donors (Lipinski definition) is 2. The van der Waals surface area contributed by atoms with Gasteiger partial charge in [-0.3, -0.25) is 4.79 Å². The SMILES string of the molecule is CC(=O)N1c2ccc(-c3cnc[nH]3)cc2[C@H](N)C[C@@H]1C. The maximum atomic E-state index is 11.9. The van der Waals surface area contributed by atoms with Gasteiger partial charge in [-0.1, -0.05) is 6.07 Å². The first-order chi connectivity index (χ1) is 9.58. The molecular weight excluding hydrogens is 252 g/mol. The largest absolute Gasteiger partial charge is 0.345 e. The maximum absolute atomic E-state index is 11.9. The molecule has 5 nitrogen and oxygen atoms in total. The third-order valence-corrected chi connectivity index (χ3v) is 3.87. The van der Waals surface area contributed by atoms with Crippen LogP contribution in [0.5, 0.6) is 0 Å². The molecule has 3 N–H and O–H groups in total. The fourth-order valence-corrected chi connectivity index (χ4v) is 2.97. The molecule has 2 heterocycles. The first-order valence-corrected chi connectivity index (χ1v) is 6.76. The van der Waals surface area contributed by atoms with Crippen LogP contribution in [0.4, 0.5) is 5.69 Å². The summed E-state index contributed by atoms with van der Waals surface area (Å²) in [5, 5.41) is 0. The molecule has 20 heavy (non-hydrogen) atoms. The van der Waals surface area contributed by atoms with Crippen LogP contribution in [0, 0.1) is 0 Å². The van der Waals surface area contributed by atoms with Gasteiger partial charge >= 0.3 is 0 Å². The Hall–Kier alpha value is -2.14. The minimum atomic E-state index is -0.0431. The summed E-state index contributed by atoms with van der Waals surface area (Å²) in [6.45, 7) is 3.63. The van der Waals surface area contributed by atoms with Crippen molar-refractivity contribution in [2.75, 3.05) is 4.90 Å². The molecule has 2 aromatic rings. The lowest BCUT2D eigenvalue weighted by molar-refractivity contribution is -0.117. The Morgan fingerprint density at radius 3 is 2.95 bits per heavy atom. The summed E-state index contributed by atoms with van der Waals surface area (Å²) in [4.78, 5) is 20.8. The minimum Gasteiger partial charge on any atom is -0.345 e. The number of aromatic nitrogens is 2. The summed E-state index contributed by atoms with van der Waals surface area (Å²) in [6.07, 6.45) is 4.21. The Morgan fingerprint density at radius 1 is 1.50 bits per heavy atom. The predicted octanol–water partition coefficient (Wildman–Crippen LogP) is 2.22. The van der Waals surface area contributed by atoms with Crippen molar-refractivity contribution in [1.29, 1.82) is 0 Å². The number of nitrogens with one attached hydrogen (secondary N) is 1. The van der Waals surface area contributed by atoms with Crippen LogP contribution in [-0.4, -0.2) is 21.9 Å². The van der Waals surface area contributed by atoms with E-state index >= 15 is 0 Å². The molecule has 1 aliphatic rings. The van der Waals surface area contributed by atoms with Gasteiger partial charge in [0.1, 0.15) is 0 Å². The molecule has 0 saturated heterocycles. The molecule has 1 aromatic carbocycles. The van der Waals surface area contributed by atoms with Crippen molar-refractivity contribution in [3.8, 4) is 11.3 Å². The zero-order valence-electron chi connectivity index (χ0n) is 11.6. The molecule has 1 aromatic heterocycles. The smallest absolute Gasteiger partial charge is 0.224 e. The second kappa shape index (κ2) is 4.76. The van der Waals surface area contributed by atoms with E-state index in [-0.39, 0.29) is 18.0 Å². The molecule has 1 aliphatic heterocycles. The van der Waals surface area contributed by atoms with E-state index in [1.54, 1.807) is 19.4 Å². The van der Waals surface area contributed by atoms with Crippen LogP contribution >= 0.6 is 0 Å². The summed E-state index contributed by atoms with van der Waals surface area (Å²) in [5.41, 5.74) is 10.2. The molecule has 0 fully saturated rings. The molecule has 5 heteroatoms. The van der Waals surface area contributed by atoms with Crippen molar-refractivity contribution < 1.29 is 4.79 Å². The first kappa shape index (κ1) is 12.9. The van der Waals surface area contributed by atoms with E-state index in [2.05, 4.69) is 16.0 Å². The van der Waals surface area contributed by atoms with E-state index in [1.807, 2.05) is 24.0 Å². The van der Waals surface area contributed by atoms with Crippen LogP contribution in [0.25, 0.3) is 11.3 Å². The number of nitrogens with zero attached hydrogens (tertiary/aromatic N) is 2. The average Bonchev–Trinajstić information content (AvgIpc) is 2.91. The van der Waals surface area contributed by atoms with Crippen LogP contribution in [0.3, 0.4) is 0 Å². The van der Waals surface area contributed by atoms with Gasteiger partial charge in [0.15, 0.2) is 0 Å². The van der Waals surface area contributed by atoms with E-state index < -0.39 is 0 Å². The molecule has 0 aliphatic carbocycles. The van der Waals surface area contributed by atoms with Gasteiger partial charge in [0.05, 0.1) is 18.2 Å². The number of benzene rings is 1. The molecule has 0 spiro atoms. The minimum absolute atomic E-state index is 0.0431. The third kappa shape index (κ3) is 2.00. The van der Waals surface area contributed by atoms with Crippen molar-refractivity contribution in [3.05, 3.63) is 36.3 Å². The average molecular weight is 270 g/mol. The Balaban J connectivity index is 2.10. The molecule has 0 radical (unpaired) electrons. The Morgan fingerprint density at radius 2 is 2.30 bits per heavy atom. The van der Waals surface area contributed by atoms with Gasteiger partial charge in [-0.2, -0.15) is 0 Å². The van der Waals surface area contributed by atoms with Crippen molar-refractivity contribution in [1.82, 2.24) is 9.97 Å². The molecule has 0 saturated carbocycles. The fraction of sp³-hybridized carbons (Fsp3) is 0.333. The highest BCUT2D eigenvalue weighted by atomic mass is 16.2. The van der Waals surface area contributed by atoms with Gasteiger partial charge in [0, 0.05) is 30.3 Å². The number of amides is 1. The first-order valence-electron chi connectivity index (χ1n) is 6.76. The fourth-order valence-electron chi connectivity index (χ4n) is 2.97. The highest BCUT2D eigenvalue weighted by Crippen LogP contribution is 2.38. The number of H-pyrrole nitrogens is 1. The standard InChI is InChI=1S/C15H18N4O/c1-9-5-13(16)12-6-11(14-7-17-8-18-14)3-4-15(12)19(9)10(2)20/h3-4,6-9,13H,5,16H2,1-2H3,(H,17,18)/t9-,13+/m0/s1. The third-order valence-electron chi connectivity index (χ3n) is 3.87. The Kier molecular flexibility index (Phi) is 3.06. The van der Waals surface area contributed by atoms with Gasteiger partial charge in [-0.25, -0.2) is 4.98 Å². The van der Waals surface area contributed by atoms with Gasteiger partial charge in [-0.05, 0) is 31.0 Å². The second-order valence-electron chi connectivity index (χ2n) is 5.32. The molecule has 3 rings (SSSR count). The number of carbonyl (C=O) groups excluding carboxylic acids is 1. The summed E-state index contributed by atoms with van der Waals surface area (Å²) < 4.78 is 0. The van der Waals surface area contributed by atoms with Crippen LogP contribution in [-0.2, 0) is 4.79 Å². The number of hydrogen-bond acceptors (Lipinski definition) is 3. The summed E-state index contributed by atoms with van der Waals surface area (Å²) >= 11 is 0. The number of fused-ring (bicyclic) bond motifs is 1. The van der Waals surface area contributed by atoms with Gasteiger partial charge in [-0.15, -0.1) is 0 Å². The number of aromatic amines is 1. The molecular formula is C15H18N4O. The van der Waals surface area contributed by atoms with E-state index in [1.165, 1.54) is 0 Å². The van der Waals surface area contributed by atoms with Crippen molar-refractivity contribution in [2.45, 2.75) is 32.4 Å².